The number of hydrogen-bond acceptors (Lipinski definition) is 1. The molecule has 11 aromatic rings. The van der Waals surface area contributed by atoms with Gasteiger partial charge in [-0.25, -0.2) is 0 Å². The van der Waals surface area contributed by atoms with Crippen LogP contribution in [0.5, 0.6) is 0 Å². The molecule has 1 heterocycles. The number of hydrogen-bond donors (Lipinski definition) is 0. The van der Waals surface area contributed by atoms with E-state index in [9.17, 15) is 0 Å². The lowest BCUT2D eigenvalue weighted by Gasteiger charge is -2.33. The summed E-state index contributed by atoms with van der Waals surface area (Å²) in [6, 6.07) is 79.1. The van der Waals surface area contributed by atoms with Gasteiger partial charge in [-0.3, -0.25) is 0 Å². The number of rotatable bonds is 33. The Labute approximate surface area is 608 Å². The molecule has 3 aliphatic rings. The highest BCUT2D eigenvalue weighted by molar-refractivity contribution is 6.10. The summed E-state index contributed by atoms with van der Waals surface area (Å²) < 4.78 is 2.46. The molecule has 101 heavy (non-hydrogen) atoms. The van der Waals surface area contributed by atoms with Gasteiger partial charge in [0.15, 0.2) is 0 Å². The zero-order chi connectivity index (χ0) is 69.7. The fraction of sp³-hybridized carbons (Fsp3) is 0.394. The molecule has 0 N–H and O–H groups in total. The Hall–Kier alpha value is -8.20. The largest absolute Gasteiger partial charge is 0.310 e. The summed E-state index contributed by atoms with van der Waals surface area (Å²) in [5.41, 5.74) is 33.2. The van der Waals surface area contributed by atoms with Crippen LogP contribution in [0.4, 0.5) is 17.1 Å². The van der Waals surface area contributed by atoms with Crippen molar-refractivity contribution in [3.63, 3.8) is 0 Å². The minimum absolute atomic E-state index is 0.0251. The predicted molar refractivity (Wildman–Crippen MR) is 438 cm³/mol. The van der Waals surface area contributed by atoms with Crippen LogP contribution in [0.3, 0.4) is 0 Å². The highest BCUT2D eigenvalue weighted by atomic mass is 15.1. The van der Waals surface area contributed by atoms with Crippen LogP contribution in [0.25, 0.3) is 83.1 Å². The Morgan fingerprint density at radius 2 is 0.673 bits per heavy atom. The van der Waals surface area contributed by atoms with E-state index in [1.807, 2.05) is 0 Å². The van der Waals surface area contributed by atoms with Crippen molar-refractivity contribution in [2.45, 2.75) is 252 Å². The Morgan fingerprint density at radius 1 is 0.297 bits per heavy atom. The third-order valence-electron chi connectivity index (χ3n) is 24.4. The summed E-state index contributed by atoms with van der Waals surface area (Å²) in [6.07, 6.45) is 36.1. The van der Waals surface area contributed by atoms with Crippen LogP contribution in [0.1, 0.15) is 265 Å². The second-order valence-electron chi connectivity index (χ2n) is 32.2. The van der Waals surface area contributed by atoms with E-state index in [0.717, 1.165) is 12.1 Å². The van der Waals surface area contributed by atoms with Crippen molar-refractivity contribution < 1.29 is 0 Å². The Bertz CT molecular complexity index is 4670. The van der Waals surface area contributed by atoms with E-state index < -0.39 is 0 Å². The van der Waals surface area contributed by atoms with E-state index in [1.165, 1.54) is 300 Å². The van der Waals surface area contributed by atoms with Gasteiger partial charge in [-0.15, -0.1) is 0 Å². The van der Waals surface area contributed by atoms with Crippen LogP contribution in [0.15, 0.2) is 200 Å². The summed E-state index contributed by atoms with van der Waals surface area (Å²) in [5, 5.41) is 2.56. The minimum atomic E-state index is -0.246. The van der Waals surface area contributed by atoms with Gasteiger partial charge in [0.1, 0.15) is 0 Å². The second kappa shape index (κ2) is 30.8. The van der Waals surface area contributed by atoms with Crippen molar-refractivity contribution in [2.24, 2.45) is 0 Å². The Kier molecular flexibility index (Phi) is 21.3. The molecule has 0 saturated heterocycles. The van der Waals surface area contributed by atoms with E-state index in [-0.39, 0.29) is 16.2 Å². The van der Waals surface area contributed by atoms with Crippen LogP contribution in [-0.2, 0) is 22.7 Å². The average molecular weight is 1330 g/mol. The summed E-state index contributed by atoms with van der Waals surface area (Å²) in [7, 11) is 0. The summed E-state index contributed by atoms with van der Waals surface area (Å²) >= 11 is 0. The fourth-order valence-electron chi connectivity index (χ4n) is 18.6. The monoisotopic (exact) mass is 1330 g/mol. The molecule has 0 spiro atoms. The molecule has 1 aromatic heterocycles. The van der Waals surface area contributed by atoms with Gasteiger partial charge in [0.2, 0.25) is 0 Å². The Balaban J connectivity index is 0.779. The Morgan fingerprint density at radius 3 is 1.21 bits per heavy atom. The maximum Gasteiger partial charge on any atom is 0.0541 e. The fourth-order valence-corrected chi connectivity index (χ4v) is 18.6. The lowest BCUT2D eigenvalue weighted by Crippen LogP contribution is -2.25. The molecule has 0 aliphatic heterocycles. The molecule has 0 bridgehead atoms. The quantitative estimate of drug-likeness (QED) is 0.0372. The molecule has 10 aromatic carbocycles. The first-order chi connectivity index (χ1) is 49.3. The highest BCUT2D eigenvalue weighted by Crippen LogP contribution is 2.58. The van der Waals surface area contributed by atoms with Crippen LogP contribution in [-0.4, -0.2) is 4.57 Å². The first-order valence-electron chi connectivity index (χ1n) is 40.2. The standard InChI is InChI=1S/C99H114N2/c1-10-13-16-19-21-23-25-27-29-34-61-99(62-35-30-28-26-24-22-20-17-14-11-2)93-64-71(5)40-55-85(93)86-57-46-76(67-94(86)99)75-45-56-82-84-59-53-80(69-92(84)98(8,9)90(82)66-75)100(79-52-58-83-81-54-39-70(4)63-89(81)97(6,7)91(83)68-79)77-50-43-73(44-51-77)74-47-60-96-88(65-74)87-37-32-33-38-95(87)101(96)78-48-41-72(42-49-78)36-31-18-15-12-3/h32-33,37-60,63-69H,10-31,34-36,61-62H2,1-9H3. The van der Waals surface area contributed by atoms with Crippen molar-refractivity contribution in [2.75, 3.05) is 4.90 Å². The average Bonchev–Trinajstić information content (AvgIpc) is 1.58. The smallest absolute Gasteiger partial charge is 0.0541 e. The van der Waals surface area contributed by atoms with Crippen LogP contribution in [0.2, 0.25) is 0 Å². The normalized spacial score (nSPS) is 14.1. The summed E-state index contributed by atoms with van der Waals surface area (Å²) in [4.78, 5) is 2.54. The molecule has 0 atom stereocenters. The van der Waals surface area contributed by atoms with Crippen molar-refractivity contribution in [3.05, 3.63) is 250 Å². The first kappa shape index (κ1) is 69.9. The van der Waals surface area contributed by atoms with Gasteiger partial charge in [0, 0.05) is 49.8 Å². The lowest BCUT2D eigenvalue weighted by atomic mass is 9.70. The van der Waals surface area contributed by atoms with E-state index in [0.29, 0.717) is 0 Å². The van der Waals surface area contributed by atoms with E-state index in [4.69, 9.17) is 0 Å². The van der Waals surface area contributed by atoms with Gasteiger partial charge in [-0.1, -0.05) is 329 Å². The predicted octanol–water partition coefficient (Wildman–Crippen LogP) is 29.8. The molecule has 14 rings (SSSR count). The molecule has 520 valence electrons. The third kappa shape index (κ3) is 14.0. The number of aryl methyl sites for hydroxylation is 3. The maximum absolute atomic E-state index is 2.68. The number of nitrogens with zero attached hydrogens (tertiary/aromatic N) is 2. The third-order valence-corrected chi connectivity index (χ3v) is 24.4. The van der Waals surface area contributed by atoms with Crippen molar-refractivity contribution in [1.29, 1.82) is 0 Å². The van der Waals surface area contributed by atoms with Gasteiger partial charge in [-0.2, -0.15) is 0 Å². The topological polar surface area (TPSA) is 8.17 Å². The maximum atomic E-state index is 2.68. The van der Waals surface area contributed by atoms with Crippen LogP contribution < -0.4 is 4.90 Å². The zero-order valence-corrected chi connectivity index (χ0v) is 63.0. The van der Waals surface area contributed by atoms with E-state index >= 15 is 0 Å². The number of anilines is 3. The van der Waals surface area contributed by atoms with Crippen LogP contribution in [0, 0.1) is 13.8 Å². The van der Waals surface area contributed by atoms with Crippen molar-refractivity contribution in [3.8, 4) is 61.3 Å². The molecular formula is C99H114N2. The second-order valence-corrected chi connectivity index (χ2v) is 32.2. The van der Waals surface area contributed by atoms with E-state index in [1.54, 1.807) is 11.1 Å². The molecule has 0 unspecified atom stereocenters. The number of unbranched alkanes of at least 4 members (excludes halogenated alkanes) is 21. The molecule has 2 heteroatoms. The van der Waals surface area contributed by atoms with Gasteiger partial charge in [-0.05, 0) is 213 Å². The number of aromatic nitrogens is 1. The molecule has 0 radical (unpaired) electrons. The highest BCUT2D eigenvalue weighted by Gasteiger charge is 2.43. The zero-order valence-electron chi connectivity index (χ0n) is 63.0. The van der Waals surface area contributed by atoms with Gasteiger partial charge < -0.3 is 9.47 Å². The number of benzene rings is 10. The molecule has 0 amide bonds. The van der Waals surface area contributed by atoms with Crippen LogP contribution >= 0.6 is 0 Å². The summed E-state index contributed by atoms with van der Waals surface area (Å²) in [6.45, 7) is 21.3. The van der Waals surface area contributed by atoms with Crippen molar-refractivity contribution in [1.82, 2.24) is 4.57 Å². The van der Waals surface area contributed by atoms with Gasteiger partial charge in [0.05, 0.1) is 11.0 Å². The first-order valence-corrected chi connectivity index (χ1v) is 40.2. The summed E-state index contributed by atoms with van der Waals surface area (Å²) in [5.74, 6) is 0. The van der Waals surface area contributed by atoms with Gasteiger partial charge >= 0.3 is 0 Å². The number of para-hydroxylation sites is 1. The molecular weight excluding hydrogens is 1220 g/mol. The van der Waals surface area contributed by atoms with E-state index in [2.05, 4.69) is 272 Å². The SMILES string of the molecule is CCCCCCCCCCCCC1(CCCCCCCCCCCC)c2cc(C)ccc2-c2ccc(-c3ccc4c(c3)C(C)(C)c3cc(N(c5ccc(-c6ccc7c(c6)c6ccccc6n7-c6ccc(CCCCCC)cc6)cc5)c5ccc6c(c5)C(C)(C)c5cc(C)ccc5-6)ccc3-4)cc21. The molecule has 3 aliphatic carbocycles. The minimum Gasteiger partial charge on any atom is -0.310 e. The number of fused-ring (bicyclic) bond motifs is 12. The molecule has 2 nitrogen and oxygen atoms in total. The van der Waals surface area contributed by atoms with Crippen molar-refractivity contribution >= 4 is 38.9 Å². The molecule has 0 fully saturated rings. The molecule has 0 saturated carbocycles. The van der Waals surface area contributed by atoms with Gasteiger partial charge in [0.25, 0.3) is 0 Å². The lowest BCUT2D eigenvalue weighted by molar-refractivity contribution is 0.397.